The number of unbranched alkanes of at least 4 members (excludes halogenated alkanes) is 4. The number of H-pyrrole nitrogens is 1. The number of aromatic amines is 1. The van der Waals surface area contributed by atoms with Crippen molar-refractivity contribution in [3.05, 3.63) is 78.1 Å². The second-order valence-corrected chi connectivity index (χ2v) is 15.8. The number of hydrogen-bond donors (Lipinski definition) is 7. The fourth-order valence-corrected chi connectivity index (χ4v) is 8.88. The fraction of sp³-hybridized carbons (Fsp3) is 0.581. The van der Waals surface area contributed by atoms with Gasteiger partial charge in [-0.25, -0.2) is 4.98 Å². The zero-order valence-electron chi connectivity index (χ0n) is 30.9. The standard InChI is InChI=1S/C43H61N3O6/c1-2-3-5-9-29-14-15-32(40(49)24-29)10-6-4-7-13-37(42(50)51)39(48)18-20-43(52)28-31(22-30-19-21-45-41(44)25-30)23-34(43)27-35-16-17-38(46-35)33-11-8-12-36(47)26-33/h8,11-12,14-17,19,21,25-26,29,31-32,34,37,39-40,46-49,52H,2-7,9-10,13,18,20,22-24,27-28H2,1H3,(H2,44,45)(H,50,51). The third-order valence-corrected chi connectivity index (χ3v) is 11.8. The number of nitrogens with one attached hydrogen (secondary N) is 1. The highest BCUT2D eigenvalue weighted by Gasteiger charge is 2.46. The maximum atomic E-state index is 12.3. The van der Waals surface area contributed by atoms with E-state index < -0.39 is 23.6 Å². The van der Waals surface area contributed by atoms with Crippen LogP contribution in [0.5, 0.6) is 5.75 Å². The molecule has 3 aromatic rings. The molecule has 8 unspecified atom stereocenters. The van der Waals surface area contributed by atoms with Gasteiger partial charge in [-0.05, 0) is 124 Å². The SMILES string of the molecule is CCCCCC1C=CC(CCCCCC(C(=O)O)C(O)CCC2(O)CC(Cc3ccnc(N)c3)CC2Cc2ccc(-c3cccc(O)c3)[nH]2)C(O)C1. The summed E-state index contributed by atoms with van der Waals surface area (Å²) in [5, 5.41) is 54.2. The Bertz CT molecular complexity index is 1590. The van der Waals surface area contributed by atoms with Crippen LogP contribution in [0.4, 0.5) is 5.82 Å². The molecule has 0 aliphatic heterocycles. The quantitative estimate of drug-likeness (QED) is 0.0458. The summed E-state index contributed by atoms with van der Waals surface area (Å²) in [4.78, 5) is 19.9. The number of nitrogen functional groups attached to an aromatic ring is 1. The number of carbonyl (C=O) groups is 1. The van der Waals surface area contributed by atoms with Crippen molar-refractivity contribution in [1.82, 2.24) is 9.97 Å². The minimum Gasteiger partial charge on any atom is -0.508 e. The Hall–Kier alpha value is -3.66. The maximum absolute atomic E-state index is 12.3. The second kappa shape index (κ2) is 18.9. The smallest absolute Gasteiger partial charge is 0.309 e. The van der Waals surface area contributed by atoms with Gasteiger partial charge in [0.2, 0.25) is 0 Å². The molecule has 2 aromatic heterocycles. The number of aliphatic carboxylic acids is 1. The number of phenols is 1. The van der Waals surface area contributed by atoms with E-state index in [1.165, 1.54) is 19.3 Å². The molecule has 8 N–H and O–H groups in total. The number of carboxylic acid groups (broad SMARTS) is 1. The molecule has 0 radical (unpaired) electrons. The first-order valence-electron chi connectivity index (χ1n) is 19.7. The number of hydrogen-bond acceptors (Lipinski definition) is 7. The number of allylic oxidation sites excluding steroid dienone is 1. The van der Waals surface area contributed by atoms with Crippen molar-refractivity contribution >= 4 is 11.8 Å². The predicted molar refractivity (Wildman–Crippen MR) is 205 cm³/mol. The fourth-order valence-electron chi connectivity index (χ4n) is 8.88. The number of aromatic nitrogens is 2. The molecule has 0 bridgehead atoms. The van der Waals surface area contributed by atoms with E-state index >= 15 is 0 Å². The molecule has 1 saturated carbocycles. The molecule has 0 spiro atoms. The lowest BCUT2D eigenvalue weighted by Gasteiger charge is -2.32. The third-order valence-electron chi connectivity index (χ3n) is 11.8. The van der Waals surface area contributed by atoms with E-state index in [1.54, 1.807) is 24.4 Å². The number of aromatic hydroxyl groups is 1. The molecule has 2 heterocycles. The summed E-state index contributed by atoms with van der Waals surface area (Å²) >= 11 is 0. The number of aliphatic hydroxyl groups excluding tert-OH is 2. The lowest BCUT2D eigenvalue weighted by molar-refractivity contribution is -0.146. The van der Waals surface area contributed by atoms with E-state index in [2.05, 4.69) is 29.0 Å². The second-order valence-electron chi connectivity index (χ2n) is 15.8. The Morgan fingerprint density at radius 3 is 2.58 bits per heavy atom. The van der Waals surface area contributed by atoms with Gasteiger partial charge in [0.25, 0.3) is 0 Å². The molecule has 52 heavy (non-hydrogen) atoms. The highest BCUT2D eigenvalue weighted by molar-refractivity contribution is 5.70. The predicted octanol–water partition coefficient (Wildman–Crippen LogP) is 7.83. The lowest BCUT2D eigenvalue weighted by Crippen LogP contribution is -2.37. The van der Waals surface area contributed by atoms with E-state index in [1.807, 2.05) is 30.3 Å². The first-order valence-corrected chi connectivity index (χ1v) is 19.7. The number of rotatable bonds is 20. The van der Waals surface area contributed by atoms with Crippen LogP contribution in [0, 0.1) is 29.6 Å². The van der Waals surface area contributed by atoms with Crippen LogP contribution < -0.4 is 5.73 Å². The average molecular weight is 716 g/mol. The van der Waals surface area contributed by atoms with Gasteiger partial charge in [0.05, 0.1) is 23.7 Å². The number of anilines is 1. The molecule has 284 valence electrons. The molecule has 0 saturated heterocycles. The van der Waals surface area contributed by atoms with Crippen LogP contribution in [0.25, 0.3) is 11.3 Å². The van der Waals surface area contributed by atoms with E-state index in [0.717, 1.165) is 67.5 Å². The van der Waals surface area contributed by atoms with Gasteiger partial charge in [-0.3, -0.25) is 4.79 Å². The summed E-state index contributed by atoms with van der Waals surface area (Å²) in [6, 6.07) is 14.9. The number of pyridine rings is 1. The lowest BCUT2D eigenvalue weighted by atomic mass is 9.80. The van der Waals surface area contributed by atoms with Crippen molar-refractivity contribution in [2.45, 2.75) is 127 Å². The third kappa shape index (κ3) is 11.2. The Morgan fingerprint density at radius 2 is 1.83 bits per heavy atom. The van der Waals surface area contributed by atoms with Crippen molar-refractivity contribution in [1.29, 1.82) is 0 Å². The van der Waals surface area contributed by atoms with Gasteiger partial charge in [-0.15, -0.1) is 0 Å². The normalized spacial score (nSPS) is 25.7. The Morgan fingerprint density at radius 1 is 1.00 bits per heavy atom. The topological polar surface area (TPSA) is 173 Å². The molecule has 2 aliphatic rings. The average Bonchev–Trinajstić information content (AvgIpc) is 3.70. The minimum atomic E-state index is -1.08. The van der Waals surface area contributed by atoms with Crippen LogP contribution in [0.3, 0.4) is 0 Å². The largest absolute Gasteiger partial charge is 0.508 e. The van der Waals surface area contributed by atoms with Gasteiger partial charge in [0, 0.05) is 29.1 Å². The summed E-state index contributed by atoms with van der Waals surface area (Å²) < 4.78 is 0. The molecule has 9 nitrogen and oxygen atoms in total. The van der Waals surface area contributed by atoms with Gasteiger partial charge in [0.15, 0.2) is 0 Å². The first-order chi connectivity index (χ1) is 25.0. The Kier molecular flexibility index (Phi) is 14.4. The molecule has 9 heteroatoms. The number of nitrogens with two attached hydrogens (primary N) is 1. The summed E-state index contributed by atoms with van der Waals surface area (Å²) in [7, 11) is 0. The van der Waals surface area contributed by atoms with Gasteiger partial charge >= 0.3 is 5.97 Å². The van der Waals surface area contributed by atoms with Crippen LogP contribution in [0.2, 0.25) is 0 Å². The maximum Gasteiger partial charge on any atom is 0.309 e. The minimum absolute atomic E-state index is 0.0985. The summed E-state index contributed by atoms with van der Waals surface area (Å²) in [5.41, 5.74) is 8.68. The van der Waals surface area contributed by atoms with E-state index in [9.17, 15) is 30.3 Å². The van der Waals surface area contributed by atoms with E-state index in [-0.39, 0.29) is 36.0 Å². The summed E-state index contributed by atoms with van der Waals surface area (Å²) in [6.45, 7) is 2.21. The van der Waals surface area contributed by atoms with Gasteiger partial charge < -0.3 is 36.3 Å². The van der Waals surface area contributed by atoms with Crippen molar-refractivity contribution in [2.24, 2.45) is 29.6 Å². The summed E-state index contributed by atoms with van der Waals surface area (Å²) in [6.07, 6.45) is 17.3. The Labute approximate surface area is 309 Å². The first kappa shape index (κ1) is 39.5. The number of nitrogens with zero attached hydrogens (tertiary/aromatic N) is 1. The van der Waals surface area contributed by atoms with Crippen LogP contribution in [-0.2, 0) is 17.6 Å². The summed E-state index contributed by atoms with van der Waals surface area (Å²) in [5.74, 6) is -0.514. The van der Waals surface area contributed by atoms with Crippen LogP contribution >= 0.6 is 0 Å². The zero-order chi connectivity index (χ0) is 37.1. The Balaban J connectivity index is 1.15. The van der Waals surface area contributed by atoms with Crippen LogP contribution in [-0.4, -0.2) is 59.3 Å². The molecular weight excluding hydrogens is 654 g/mol. The van der Waals surface area contributed by atoms with E-state index in [0.29, 0.717) is 43.8 Å². The van der Waals surface area contributed by atoms with E-state index in [4.69, 9.17) is 5.73 Å². The molecule has 8 atom stereocenters. The van der Waals surface area contributed by atoms with Gasteiger partial charge in [-0.2, -0.15) is 0 Å². The van der Waals surface area contributed by atoms with Crippen molar-refractivity contribution < 1.29 is 30.3 Å². The molecule has 1 fully saturated rings. The molecule has 5 rings (SSSR count). The molecule has 2 aliphatic carbocycles. The highest BCUT2D eigenvalue weighted by atomic mass is 16.4. The highest BCUT2D eigenvalue weighted by Crippen LogP contribution is 2.46. The van der Waals surface area contributed by atoms with Gasteiger partial charge in [-0.1, -0.05) is 69.7 Å². The van der Waals surface area contributed by atoms with Crippen LogP contribution in [0.1, 0.15) is 108 Å². The van der Waals surface area contributed by atoms with Gasteiger partial charge in [0.1, 0.15) is 11.6 Å². The number of carboxylic acids is 1. The van der Waals surface area contributed by atoms with Crippen molar-refractivity contribution in [3.63, 3.8) is 0 Å². The number of phenolic OH excluding ortho intramolecular Hbond substituents is 1. The number of benzene rings is 1. The van der Waals surface area contributed by atoms with Crippen molar-refractivity contribution in [3.8, 4) is 17.0 Å². The monoisotopic (exact) mass is 715 g/mol. The zero-order valence-corrected chi connectivity index (χ0v) is 30.9. The molecule has 1 aromatic carbocycles. The molecule has 0 amide bonds. The molecular formula is C43H61N3O6. The number of aliphatic hydroxyl groups is 3. The van der Waals surface area contributed by atoms with Crippen LogP contribution in [0.15, 0.2) is 66.9 Å². The van der Waals surface area contributed by atoms with Crippen molar-refractivity contribution in [2.75, 3.05) is 5.73 Å².